The smallest absolute Gasteiger partial charge is 0.870 e. The third kappa shape index (κ3) is 3.77. The standard InChI is InChI=1S/C4H6N2.K.H2O/c1-4-2-5-3-6-4;;/h2-3H,1H3,(H,5,6);;1H2/q;+1;/p-1. The van der Waals surface area contributed by atoms with Gasteiger partial charge in [-0.3, -0.25) is 0 Å². The average molecular weight is 138 g/mol. The number of imidazole rings is 1. The molecule has 0 aliphatic rings. The van der Waals surface area contributed by atoms with E-state index >= 15 is 0 Å². The fourth-order valence-electron chi connectivity index (χ4n) is 0.334. The summed E-state index contributed by atoms with van der Waals surface area (Å²) in [6.45, 7) is 1.94. The van der Waals surface area contributed by atoms with Gasteiger partial charge < -0.3 is 10.5 Å². The first-order valence-corrected chi connectivity index (χ1v) is 1.85. The molecule has 0 aliphatic heterocycles. The quantitative estimate of drug-likeness (QED) is 0.404. The van der Waals surface area contributed by atoms with Gasteiger partial charge in [0.05, 0.1) is 12.0 Å². The number of aryl methyl sites for hydroxylation is 1. The molecule has 8 heavy (non-hydrogen) atoms. The van der Waals surface area contributed by atoms with Crippen molar-refractivity contribution in [2.45, 2.75) is 6.92 Å². The monoisotopic (exact) mass is 138 g/mol. The Morgan fingerprint density at radius 3 is 2.38 bits per heavy atom. The fourth-order valence-corrected chi connectivity index (χ4v) is 0.334. The van der Waals surface area contributed by atoms with E-state index in [1.807, 2.05) is 13.1 Å². The van der Waals surface area contributed by atoms with Gasteiger partial charge in [0.15, 0.2) is 0 Å². The molecule has 0 atom stereocenters. The van der Waals surface area contributed by atoms with Gasteiger partial charge in [-0.05, 0) is 6.92 Å². The number of nitrogens with zero attached hydrogens (tertiary/aromatic N) is 1. The molecule has 4 heteroatoms. The third-order valence-corrected chi connectivity index (χ3v) is 0.635. The summed E-state index contributed by atoms with van der Waals surface area (Å²) >= 11 is 0. The summed E-state index contributed by atoms with van der Waals surface area (Å²) in [6, 6.07) is 0. The Hall–Kier alpha value is 0.806. The second-order valence-corrected chi connectivity index (χ2v) is 1.21. The molecular weight excluding hydrogens is 131 g/mol. The van der Waals surface area contributed by atoms with Crippen molar-refractivity contribution in [3.63, 3.8) is 0 Å². The van der Waals surface area contributed by atoms with E-state index in [4.69, 9.17) is 0 Å². The first kappa shape index (κ1) is 11.6. The van der Waals surface area contributed by atoms with Crippen molar-refractivity contribution >= 4 is 0 Å². The minimum atomic E-state index is 0. The molecule has 1 aromatic rings. The molecular formula is C4H7KN2O. The second kappa shape index (κ2) is 5.93. The van der Waals surface area contributed by atoms with Gasteiger partial charge in [0, 0.05) is 6.20 Å². The van der Waals surface area contributed by atoms with Crippen LogP contribution in [-0.4, -0.2) is 15.4 Å². The largest absolute Gasteiger partial charge is 1.00 e. The minimum Gasteiger partial charge on any atom is -0.870 e. The molecule has 0 aliphatic carbocycles. The van der Waals surface area contributed by atoms with E-state index < -0.39 is 0 Å². The molecule has 0 fully saturated rings. The van der Waals surface area contributed by atoms with Crippen LogP contribution in [0.3, 0.4) is 0 Å². The molecule has 2 N–H and O–H groups in total. The molecule has 40 valence electrons. The Balaban J connectivity index is 0. The molecule has 0 bridgehead atoms. The van der Waals surface area contributed by atoms with Gasteiger partial charge in [0.2, 0.25) is 0 Å². The summed E-state index contributed by atoms with van der Waals surface area (Å²) in [5.74, 6) is 0. The maximum Gasteiger partial charge on any atom is 1.00 e. The summed E-state index contributed by atoms with van der Waals surface area (Å²) < 4.78 is 0. The third-order valence-electron chi connectivity index (χ3n) is 0.635. The summed E-state index contributed by atoms with van der Waals surface area (Å²) in [5, 5.41) is 0. The number of nitrogens with one attached hydrogen (secondary N) is 1. The normalized spacial score (nSPS) is 6.62. The summed E-state index contributed by atoms with van der Waals surface area (Å²) in [6.07, 6.45) is 3.51. The first-order valence-electron chi connectivity index (χ1n) is 1.85. The zero-order valence-electron chi connectivity index (χ0n) is 5.05. The Bertz CT molecular complexity index is 118. The second-order valence-electron chi connectivity index (χ2n) is 1.21. The number of aromatic amines is 1. The molecule has 0 saturated carbocycles. The van der Waals surface area contributed by atoms with E-state index in [1.54, 1.807) is 6.33 Å². The van der Waals surface area contributed by atoms with Gasteiger partial charge in [0.1, 0.15) is 0 Å². The van der Waals surface area contributed by atoms with E-state index in [0.29, 0.717) is 0 Å². The first-order chi connectivity index (χ1) is 2.89. The number of hydrogen-bond acceptors (Lipinski definition) is 2. The predicted molar refractivity (Wildman–Crippen MR) is 25.3 cm³/mol. The van der Waals surface area contributed by atoms with E-state index in [1.165, 1.54) is 0 Å². The molecule has 0 amide bonds. The van der Waals surface area contributed by atoms with Crippen molar-refractivity contribution in [2.24, 2.45) is 0 Å². The van der Waals surface area contributed by atoms with Crippen molar-refractivity contribution in [1.29, 1.82) is 0 Å². The van der Waals surface area contributed by atoms with Gasteiger partial charge in [-0.1, -0.05) is 0 Å². The molecule has 0 radical (unpaired) electrons. The van der Waals surface area contributed by atoms with Crippen LogP contribution in [0, 0.1) is 6.92 Å². The molecule has 3 nitrogen and oxygen atoms in total. The Morgan fingerprint density at radius 2 is 2.25 bits per heavy atom. The topological polar surface area (TPSA) is 58.7 Å². The summed E-state index contributed by atoms with van der Waals surface area (Å²) in [4.78, 5) is 6.68. The maximum absolute atomic E-state index is 3.86. The fraction of sp³-hybridized carbons (Fsp3) is 0.250. The zero-order valence-corrected chi connectivity index (χ0v) is 8.17. The minimum absolute atomic E-state index is 0. The van der Waals surface area contributed by atoms with Crippen molar-refractivity contribution in [1.82, 2.24) is 9.97 Å². The molecule has 1 rings (SSSR count). The predicted octanol–water partition coefficient (Wildman–Crippen LogP) is -2.45. The van der Waals surface area contributed by atoms with Gasteiger partial charge in [0.25, 0.3) is 0 Å². The van der Waals surface area contributed by atoms with Crippen LogP contribution in [0.4, 0.5) is 0 Å². The number of hydrogen-bond donors (Lipinski definition) is 1. The maximum atomic E-state index is 3.86. The van der Waals surface area contributed by atoms with Crippen molar-refractivity contribution < 1.29 is 56.9 Å². The molecule has 0 unspecified atom stereocenters. The van der Waals surface area contributed by atoms with Crippen LogP contribution in [0.15, 0.2) is 12.5 Å². The molecule has 0 spiro atoms. The Kier molecular flexibility index (Phi) is 8.59. The van der Waals surface area contributed by atoms with Crippen LogP contribution in [0.25, 0.3) is 0 Å². The van der Waals surface area contributed by atoms with Gasteiger partial charge >= 0.3 is 51.4 Å². The van der Waals surface area contributed by atoms with Gasteiger partial charge in [-0.15, -0.1) is 0 Å². The van der Waals surface area contributed by atoms with Crippen LogP contribution in [-0.2, 0) is 0 Å². The van der Waals surface area contributed by atoms with Crippen LogP contribution >= 0.6 is 0 Å². The summed E-state index contributed by atoms with van der Waals surface area (Å²) in [5.41, 5.74) is 1.04. The van der Waals surface area contributed by atoms with E-state index in [-0.39, 0.29) is 56.9 Å². The van der Waals surface area contributed by atoms with Crippen molar-refractivity contribution in [3.8, 4) is 0 Å². The Morgan fingerprint density at radius 1 is 1.62 bits per heavy atom. The molecule has 0 aromatic carbocycles. The van der Waals surface area contributed by atoms with Crippen molar-refractivity contribution in [3.05, 3.63) is 18.2 Å². The van der Waals surface area contributed by atoms with Gasteiger partial charge in [-0.2, -0.15) is 0 Å². The number of H-pyrrole nitrogens is 1. The van der Waals surface area contributed by atoms with E-state index in [2.05, 4.69) is 9.97 Å². The number of rotatable bonds is 0. The van der Waals surface area contributed by atoms with Gasteiger partial charge in [-0.25, -0.2) is 4.98 Å². The van der Waals surface area contributed by atoms with Crippen LogP contribution in [0.5, 0.6) is 0 Å². The molecule has 0 saturated heterocycles. The molecule has 1 heterocycles. The van der Waals surface area contributed by atoms with Crippen molar-refractivity contribution in [2.75, 3.05) is 0 Å². The van der Waals surface area contributed by atoms with Crippen LogP contribution < -0.4 is 51.4 Å². The summed E-state index contributed by atoms with van der Waals surface area (Å²) in [7, 11) is 0. The van der Waals surface area contributed by atoms with Crippen LogP contribution in [0.1, 0.15) is 5.69 Å². The van der Waals surface area contributed by atoms with Crippen LogP contribution in [0.2, 0.25) is 0 Å². The Labute approximate surface area is 90.6 Å². The molecule has 1 aromatic heterocycles. The average Bonchev–Trinajstić information content (AvgIpc) is 1.86. The SMILES string of the molecule is Cc1c[nH]cn1.[K+].[OH-]. The zero-order chi connectivity index (χ0) is 4.41. The van der Waals surface area contributed by atoms with E-state index in [9.17, 15) is 0 Å². The number of aromatic nitrogens is 2. The van der Waals surface area contributed by atoms with E-state index in [0.717, 1.165) is 5.69 Å².